The molecule has 2 aliphatic rings. The zero-order valence-electron chi connectivity index (χ0n) is 23.6. The van der Waals surface area contributed by atoms with Crippen LogP contribution in [-0.2, 0) is 19.2 Å². The number of benzene rings is 1. The first-order valence-corrected chi connectivity index (χ1v) is 14.3. The Balaban J connectivity index is 1.63. The molecule has 2 aliphatic heterocycles. The standard InChI is InChI=1S/C27H36N6O6S/c1-16(15-40-18(3)35)26(37)33-8-6-7-21(33)25(36)29-24-19-13-22(38-4)23(39-5)14-20(19)28-27(30-24)32-11-9-31(10-12-32)17(2)34/h13-14,16,21H,6-12,15H2,1-5H3,(H,28,29,30,36)/t16?,21-/m0/s1. The molecule has 0 spiro atoms. The van der Waals surface area contributed by atoms with Crippen LogP contribution in [0, 0.1) is 5.92 Å². The lowest BCUT2D eigenvalue weighted by Crippen LogP contribution is -2.48. The van der Waals surface area contributed by atoms with Crippen molar-refractivity contribution in [3.8, 4) is 11.5 Å². The van der Waals surface area contributed by atoms with Crippen molar-refractivity contribution in [3.63, 3.8) is 0 Å². The first kappa shape index (κ1) is 29.4. The maximum atomic E-state index is 13.6. The monoisotopic (exact) mass is 572 g/mol. The maximum absolute atomic E-state index is 13.6. The van der Waals surface area contributed by atoms with Gasteiger partial charge in [0.15, 0.2) is 16.6 Å². The van der Waals surface area contributed by atoms with Gasteiger partial charge in [0.1, 0.15) is 11.9 Å². The number of likely N-dealkylation sites (tertiary alicyclic amines) is 1. The summed E-state index contributed by atoms with van der Waals surface area (Å²) in [5.74, 6) is 1.21. The predicted molar refractivity (Wildman–Crippen MR) is 153 cm³/mol. The molecular formula is C27H36N6O6S. The number of thioether (sulfide) groups is 1. The number of carbonyl (C=O) groups excluding carboxylic acids is 4. The zero-order valence-corrected chi connectivity index (χ0v) is 24.4. The van der Waals surface area contributed by atoms with Gasteiger partial charge in [0.25, 0.3) is 0 Å². The molecule has 4 rings (SSSR count). The lowest BCUT2D eigenvalue weighted by molar-refractivity contribution is -0.139. The van der Waals surface area contributed by atoms with Crippen molar-refractivity contribution in [1.29, 1.82) is 0 Å². The van der Waals surface area contributed by atoms with Crippen molar-refractivity contribution < 1.29 is 28.7 Å². The normalized spacial score (nSPS) is 18.0. The van der Waals surface area contributed by atoms with Crippen LogP contribution in [0.25, 0.3) is 10.9 Å². The molecular weight excluding hydrogens is 536 g/mol. The molecule has 0 bridgehead atoms. The summed E-state index contributed by atoms with van der Waals surface area (Å²) in [6.45, 7) is 7.47. The summed E-state index contributed by atoms with van der Waals surface area (Å²) in [5, 5.41) is 3.49. The number of piperazine rings is 1. The third-order valence-corrected chi connectivity index (χ3v) is 8.31. The van der Waals surface area contributed by atoms with E-state index in [0.29, 0.717) is 85.5 Å². The van der Waals surface area contributed by atoms with Crippen LogP contribution in [0.1, 0.15) is 33.6 Å². The Morgan fingerprint density at radius 2 is 1.70 bits per heavy atom. The molecule has 2 atom stereocenters. The number of hydrogen-bond acceptors (Lipinski definition) is 10. The Morgan fingerprint density at radius 3 is 2.33 bits per heavy atom. The van der Waals surface area contributed by atoms with E-state index in [1.807, 2.05) is 4.90 Å². The van der Waals surface area contributed by atoms with Crippen LogP contribution in [-0.4, -0.2) is 101 Å². The number of hydrogen-bond donors (Lipinski definition) is 1. The Hall–Kier alpha value is -3.61. The first-order chi connectivity index (χ1) is 19.1. The zero-order chi connectivity index (χ0) is 29.0. The van der Waals surface area contributed by atoms with Gasteiger partial charge in [-0.05, 0) is 18.9 Å². The smallest absolute Gasteiger partial charge is 0.248 e. The number of nitrogens with zero attached hydrogens (tertiary/aromatic N) is 5. The van der Waals surface area contributed by atoms with E-state index in [0.717, 1.165) is 11.8 Å². The number of methoxy groups -OCH3 is 2. The van der Waals surface area contributed by atoms with Crippen LogP contribution >= 0.6 is 11.8 Å². The van der Waals surface area contributed by atoms with Crippen LogP contribution in [0.2, 0.25) is 0 Å². The topological polar surface area (TPSA) is 134 Å². The van der Waals surface area contributed by atoms with Crippen molar-refractivity contribution in [2.45, 2.75) is 39.7 Å². The van der Waals surface area contributed by atoms with Gasteiger partial charge in [0, 0.05) is 69.7 Å². The van der Waals surface area contributed by atoms with Gasteiger partial charge in [-0.1, -0.05) is 18.7 Å². The van der Waals surface area contributed by atoms with Crippen LogP contribution < -0.4 is 19.7 Å². The van der Waals surface area contributed by atoms with Gasteiger partial charge < -0.3 is 29.5 Å². The van der Waals surface area contributed by atoms with Crippen molar-refractivity contribution in [3.05, 3.63) is 12.1 Å². The number of ether oxygens (including phenoxy) is 2. The minimum atomic E-state index is -0.648. The van der Waals surface area contributed by atoms with Gasteiger partial charge in [-0.25, -0.2) is 4.98 Å². The molecule has 1 unspecified atom stereocenters. The van der Waals surface area contributed by atoms with Crippen LogP contribution in [0.4, 0.5) is 11.8 Å². The molecule has 40 heavy (non-hydrogen) atoms. The van der Waals surface area contributed by atoms with E-state index in [9.17, 15) is 19.2 Å². The van der Waals surface area contributed by atoms with E-state index in [2.05, 4.69) is 5.32 Å². The highest BCUT2D eigenvalue weighted by Crippen LogP contribution is 2.35. The number of nitrogens with one attached hydrogen (secondary N) is 1. The van der Waals surface area contributed by atoms with E-state index >= 15 is 0 Å². The quantitative estimate of drug-likeness (QED) is 0.501. The van der Waals surface area contributed by atoms with Crippen LogP contribution in [0.15, 0.2) is 12.1 Å². The van der Waals surface area contributed by atoms with E-state index in [-0.39, 0.29) is 28.8 Å². The molecule has 3 heterocycles. The van der Waals surface area contributed by atoms with Crippen molar-refractivity contribution in [2.24, 2.45) is 5.92 Å². The highest BCUT2D eigenvalue weighted by Gasteiger charge is 2.36. The summed E-state index contributed by atoms with van der Waals surface area (Å²) in [4.78, 5) is 64.8. The molecule has 12 nitrogen and oxygen atoms in total. The average molecular weight is 573 g/mol. The largest absolute Gasteiger partial charge is 0.493 e. The number of amides is 3. The van der Waals surface area contributed by atoms with E-state index < -0.39 is 6.04 Å². The van der Waals surface area contributed by atoms with E-state index in [1.54, 1.807) is 35.8 Å². The number of fused-ring (bicyclic) bond motifs is 1. The van der Waals surface area contributed by atoms with E-state index in [4.69, 9.17) is 19.4 Å². The van der Waals surface area contributed by atoms with Gasteiger partial charge in [0.2, 0.25) is 23.7 Å². The molecule has 13 heteroatoms. The second-order valence-electron chi connectivity index (χ2n) is 9.97. The first-order valence-electron chi connectivity index (χ1n) is 13.3. The average Bonchev–Trinajstić information content (AvgIpc) is 3.45. The predicted octanol–water partition coefficient (Wildman–Crippen LogP) is 2.16. The molecule has 2 fully saturated rings. The number of anilines is 2. The lowest BCUT2D eigenvalue weighted by Gasteiger charge is -2.34. The van der Waals surface area contributed by atoms with Crippen molar-refractivity contribution in [2.75, 3.05) is 62.9 Å². The third-order valence-electron chi connectivity index (χ3n) is 7.24. The molecule has 1 aromatic heterocycles. The Kier molecular flexibility index (Phi) is 9.33. The molecule has 0 aliphatic carbocycles. The SMILES string of the molecule is COc1cc2nc(N3CCN(C(C)=O)CC3)nc(NC(=O)[C@@H]3CCCN3C(=O)C(C)CSC(C)=O)c2cc1OC. The van der Waals surface area contributed by atoms with Crippen molar-refractivity contribution >= 4 is 57.3 Å². The van der Waals surface area contributed by atoms with E-state index in [1.165, 1.54) is 21.1 Å². The lowest BCUT2D eigenvalue weighted by atomic mass is 10.1. The minimum absolute atomic E-state index is 0.0220. The van der Waals surface area contributed by atoms with Gasteiger partial charge in [0.05, 0.1) is 19.7 Å². The summed E-state index contributed by atoms with van der Waals surface area (Å²) in [6.07, 6.45) is 1.24. The van der Waals surface area contributed by atoms with Gasteiger partial charge >= 0.3 is 0 Å². The molecule has 0 saturated carbocycles. The Morgan fingerprint density at radius 1 is 1.02 bits per heavy atom. The van der Waals surface area contributed by atoms with Gasteiger partial charge in [-0.15, -0.1) is 0 Å². The second-order valence-corrected chi connectivity index (χ2v) is 11.2. The molecule has 1 aromatic carbocycles. The molecule has 1 N–H and O–H groups in total. The second kappa shape index (κ2) is 12.7. The molecule has 2 saturated heterocycles. The molecule has 2 aromatic rings. The molecule has 3 amide bonds. The fraction of sp³-hybridized carbons (Fsp3) is 0.556. The third kappa shape index (κ3) is 6.40. The summed E-state index contributed by atoms with van der Waals surface area (Å²) < 4.78 is 11.0. The maximum Gasteiger partial charge on any atom is 0.248 e. The minimum Gasteiger partial charge on any atom is -0.493 e. The van der Waals surface area contributed by atoms with Crippen LogP contribution in [0.5, 0.6) is 11.5 Å². The summed E-state index contributed by atoms with van der Waals surface area (Å²) in [5.41, 5.74) is 0.557. The fourth-order valence-corrected chi connectivity index (χ4v) is 5.63. The Bertz CT molecular complexity index is 1300. The number of aromatic nitrogens is 2. The number of rotatable bonds is 8. The van der Waals surface area contributed by atoms with Crippen molar-refractivity contribution in [1.82, 2.24) is 19.8 Å². The fourth-order valence-electron chi connectivity index (χ4n) is 5.00. The highest BCUT2D eigenvalue weighted by atomic mass is 32.2. The Labute approximate surface area is 237 Å². The summed E-state index contributed by atoms with van der Waals surface area (Å²) in [6, 6.07) is 2.81. The number of carbonyl (C=O) groups is 4. The van der Waals surface area contributed by atoms with Gasteiger partial charge in [-0.3, -0.25) is 19.2 Å². The molecule has 0 radical (unpaired) electrons. The summed E-state index contributed by atoms with van der Waals surface area (Å²) >= 11 is 1.11. The summed E-state index contributed by atoms with van der Waals surface area (Å²) in [7, 11) is 3.07. The van der Waals surface area contributed by atoms with Crippen LogP contribution in [0.3, 0.4) is 0 Å². The van der Waals surface area contributed by atoms with Gasteiger partial charge in [-0.2, -0.15) is 4.98 Å². The highest BCUT2D eigenvalue weighted by molar-refractivity contribution is 8.13. The molecule has 216 valence electrons.